The SMILES string of the molecule is CCN(C)C1(CNc2cnccn2)CCCCC1. The van der Waals surface area contributed by atoms with Gasteiger partial charge in [0.05, 0.1) is 6.20 Å². The van der Waals surface area contributed by atoms with Crippen molar-refractivity contribution < 1.29 is 0 Å². The smallest absolute Gasteiger partial charge is 0.144 e. The molecule has 0 bridgehead atoms. The van der Waals surface area contributed by atoms with Crippen molar-refractivity contribution in [3.63, 3.8) is 0 Å². The Morgan fingerprint density at radius 2 is 2.06 bits per heavy atom. The fourth-order valence-electron chi connectivity index (χ4n) is 2.88. The summed E-state index contributed by atoms with van der Waals surface area (Å²) in [6.07, 6.45) is 11.9. The Bertz CT molecular complexity index is 346. The maximum atomic E-state index is 4.29. The Hall–Kier alpha value is -1.16. The van der Waals surface area contributed by atoms with Gasteiger partial charge in [0.15, 0.2) is 0 Å². The van der Waals surface area contributed by atoms with Crippen molar-refractivity contribution in [2.45, 2.75) is 44.6 Å². The van der Waals surface area contributed by atoms with Gasteiger partial charge in [0.25, 0.3) is 0 Å². The zero-order valence-electron chi connectivity index (χ0n) is 11.5. The van der Waals surface area contributed by atoms with Crippen molar-refractivity contribution in [3.8, 4) is 0 Å². The number of nitrogens with one attached hydrogen (secondary N) is 1. The monoisotopic (exact) mass is 248 g/mol. The molecule has 1 aliphatic rings. The van der Waals surface area contributed by atoms with Gasteiger partial charge in [-0.1, -0.05) is 26.2 Å². The normalized spacial score (nSPS) is 18.8. The van der Waals surface area contributed by atoms with Gasteiger partial charge in [-0.25, -0.2) is 4.98 Å². The molecule has 1 saturated carbocycles. The van der Waals surface area contributed by atoms with Crippen LogP contribution in [0.15, 0.2) is 18.6 Å². The largest absolute Gasteiger partial charge is 0.367 e. The Morgan fingerprint density at radius 1 is 1.28 bits per heavy atom. The molecule has 1 aromatic rings. The van der Waals surface area contributed by atoms with Gasteiger partial charge in [0.2, 0.25) is 0 Å². The number of rotatable bonds is 5. The first kappa shape index (κ1) is 13.3. The molecule has 4 heteroatoms. The first-order valence-corrected chi connectivity index (χ1v) is 6.98. The highest BCUT2D eigenvalue weighted by molar-refractivity contribution is 5.30. The lowest BCUT2D eigenvalue weighted by Gasteiger charge is -2.44. The molecular weight excluding hydrogens is 224 g/mol. The van der Waals surface area contributed by atoms with Crippen molar-refractivity contribution in [1.29, 1.82) is 0 Å². The van der Waals surface area contributed by atoms with Gasteiger partial charge >= 0.3 is 0 Å². The van der Waals surface area contributed by atoms with Crippen LogP contribution in [0.5, 0.6) is 0 Å². The molecule has 1 fully saturated rings. The third-order valence-electron chi connectivity index (χ3n) is 4.23. The summed E-state index contributed by atoms with van der Waals surface area (Å²) in [5.74, 6) is 0.881. The highest BCUT2D eigenvalue weighted by Gasteiger charge is 2.35. The summed E-state index contributed by atoms with van der Waals surface area (Å²) < 4.78 is 0. The van der Waals surface area contributed by atoms with Gasteiger partial charge in [0.1, 0.15) is 5.82 Å². The molecule has 18 heavy (non-hydrogen) atoms. The molecule has 1 aliphatic carbocycles. The highest BCUT2D eigenvalue weighted by atomic mass is 15.2. The van der Waals surface area contributed by atoms with Gasteiger partial charge in [-0.3, -0.25) is 9.88 Å². The van der Waals surface area contributed by atoms with Crippen LogP contribution in [-0.2, 0) is 0 Å². The zero-order valence-corrected chi connectivity index (χ0v) is 11.5. The van der Waals surface area contributed by atoms with Crippen LogP contribution in [0.1, 0.15) is 39.0 Å². The number of nitrogens with zero attached hydrogens (tertiary/aromatic N) is 3. The maximum Gasteiger partial charge on any atom is 0.144 e. The van der Waals surface area contributed by atoms with Crippen LogP contribution < -0.4 is 5.32 Å². The van der Waals surface area contributed by atoms with Crippen molar-refractivity contribution in [1.82, 2.24) is 14.9 Å². The minimum absolute atomic E-state index is 0.296. The molecule has 1 aromatic heterocycles. The summed E-state index contributed by atoms with van der Waals surface area (Å²) >= 11 is 0. The van der Waals surface area contributed by atoms with E-state index >= 15 is 0 Å². The molecule has 4 nitrogen and oxygen atoms in total. The van der Waals surface area contributed by atoms with Crippen LogP contribution in [0.2, 0.25) is 0 Å². The van der Waals surface area contributed by atoms with Crippen LogP contribution in [0.4, 0.5) is 5.82 Å². The quantitative estimate of drug-likeness (QED) is 0.869. The number of anilines is 1. The molecule has 1 N–H and O–H groups in total. The number of hydrogen-bond donors (Lipinski definition) is 1. The van der Waals surface area contributed by atoms with Gasteiger partial charge < -0.3 is 5.32 Å². The molecule has 1 heterocycles. The predicted molar refractivity (Wildman–Crippen MR) is 74.6 cm³/mol. The molecule has 0 unspecified atom stereocenters. The van der Waals surface area contributed by atoms with Crippen molar-refractivity contribution in [3.05, 3.63) is 18.6 Å². The zero-order chi connectivity index (χ0) is 12.8. The molecule has 0 spiro atoms. The molecule has 0 aliphatic heterocycles. The highest BCUT2D eigenvalue weighted by Crippen LogP contribution is 2.32. The molecule has 0 saturated heterocycles. The van der Waals surface area contributed by atoms with Gasteiger partial charge in [-0.15, -0.1) is 0 Å². The molecule has 0 atom stereocenters. The Labute approximate surface area is 110 Å². The molecular formula is C14H24N4. The second-order valence-corrected chi connectivity index (χ2v) is 5.24. The van der Waals surface area contributed by atoms with E-state index in [1.807, 2.05) is 0 Å². The first-order chi connectivity index (χ1) is 8.77. The molecule has 0 radical (unpaired) electrons. The van der Waals surface area contributed by atoms with Crippen LogP contribution in [0.25, 0.3) is 0 Å². The van der Waals surface area contributed by atoms with Crippen molar-refractivity contribution >= 4 is 5.82 Å². The standard InChI is InChI=1S/C14H24N4/c1-3-18(2)14(7-5-4-6-8-14)12-17-13-11-15-9-10-16-13/h9-11H,3-8,12H2,1-2H3,(H,16,17). The summed E-state index contributed by atoms with van der Waals surface area (Å²) in [7, 11) is 2.24. The predicted octanol–water partition coefficient (Wildman–Crippen LogP) is 2.54. The molecule has 100 valence electrons. The molecule has 2 rings (SSSR count). The van der Waals surface area contributed by atoms with Crippen LogP contribution in [0, 0.1) is 0 Å². The fourth-order valence-corrected chi connectivity index (χ4v) is 2.88. The summed E-state index contributed by atoms with van der Waals surface area (Å²) in [5.41, 5.74) is 0.296. The second-order valence-electron chi connectivity index (χ2n) is 5.24. The minimum Gasteiger partial charge on any atom is -0.367 e. The second kappa shape index (κ2) is 6.14. The summed E-state index contributed by atoms with van der Waals surface area (Å²) in [4.78, 5) is 10.9. The number of likely N-dealkylation sites (N-methyl/N-ethyl adjacent to an activating group) is 1. The number of hydrogen-bond acceptors (Lipinski definition) is 4. The summed E-state index contributed by atoms with van der Waals surface area (Å²) in [6, 6.07) is 0. The van der Waals surface area contributed by atoms with Gasteiger partial charge in [-0.05, 0) is 26.4 Å². The first-order valence-electron chi connectivity index (χ1n) is 6.98. The molecule has 0 amide bonds. The maximum absolute atomic E-state index is 4.29. The van der Waals surface area contributed by atoms with E-state index < -0.39 is 0 Å². The lowest BCUT2D eigenvalue weighted by Crippen LogP contribution is -2.52. The van der Waals surface area contributed by atoms with Gasteiger partial charge in [0, 0.05) is 24.5 Å². The third kappa shape index (κ3) is 2.99. The average molecular weight is 248 g/mol. The summed E-state index contributed by atoms with van der Waals surface area (Å²) in [5, 5.41) is 3.46. The average Bonchev–Trinajstić information content (AvgIpc) is 2.46. The van der Waals surface area contributed by atoms with Crippen LogP contribution in [-0.4, -0.2) is 40.5 Å². The lowest BCUT2D eigenvalue weighted by atomic mass is 9.80. The van der Waals surface area contributed by atoms with E-state index in [4.69, 9.17) is 0 Å². The van der Waals surface area contributed by atoms with E-state index in [2.05, 4.69) is 34.2 Å². The fraction of sp³-hybridized carbons (Fsp3) is 0.714. The topological polar surface area (TPSA) is 41.0 Å². The third-order valence-corrected chi connectivity index (χ3v) is 4.23. The lowest BCUT2D eigenvalue weighted by molar-refractivity contribution is 0.0922. The van der Waals surface area contributed by atoms with Gasteiger partial charge in [-0.2, -0.15) is 0 Å². The van der Waals surface area contributed by atoms with E-state index in [0.717, 1.165) is 18.9 Å². The van der Waals surface area contributed by atoms with Crippen molar-refractivity contribution in [2.75, 3.05) is 25.5 Å². The minimum atomic E-state index is 0.296. The van der Waals surface area contributed by atoms with Crippen LogP contribution >= 0.6 is 0 Å². The Balaban J connectivity index is 2.01. The van der Waals surface area contributed by atoms with E-state index in [9.17, 15) is 0 Å². The summed E-state index contributed by atoms with van der Waals surface area (Å²) in [6.45, 7) is 4.30. The van der Waals surface area contributed by atoms with Crippen LogP contribution in [0.3, 0.4) is 0 Å². The Morgan fingerprint density at radius 3 is 2.67 bits per heavy atom. The Kier molecular flexibility index (Phi) is 4.53. The van der Waals surface area contributed by atoms with E-state index in [-0.39, 0.29) is 0 Å². The van der Waals surface area contributed by atoms with Crippen molar-refractivity contribution in [2.24, 2.45) is 0 Å². The molecule has 0 aromatic carbocycles. The van der Waals surface area contributed by atoms with E-state index in [1.165, 1.54) is 32.1 Å². The van der Waals surface area contributed by atoms with E-state index in [0.29, 0.717) is 5.54 Å². The number of aromatic nitrogens is 2. The van der Waals surface area contributed by atoms with E-state index in [1.54, 1.807) is 18.6 Å².